The van der Waals surface area contributed by atoms with Crippen molar-refractivity contribution in [3.63, 3.8) is 0 Å². The van der Waals surface area contributed by atoms with Crippen LogP contribution in [0, 0.1) is 0 Å². The summed E-state index contributed by atoms with van der Waals surface area (Å²) < 4.78 is 2.03. The van der Waals surface area contributed by atoms with Crippen LogP contribution in [0.3, 0.4) is 0 Å². The van der Waals surface area contributed by atoms with Crippen LogP contribution in [0.2, 0.25) is 0 Å². The van der Waals surface area contributed by atoms with E-state index in [1.165, 1.54) is 5.56 Å². The van der Waals surface area contributed by atoms with Crippen LogP contribution in [-0.2, 0) is 6.54 Å². The Labute approximate surface area is 130 Å². The molecule has 2 heterocycles. The Balaban J connectivity index is 1.80. The first-order valence-electron chi connectivity index (χ1n) is 7.56. The van der Waals surface area contributed by atoms with E-state index in [4.69, 9.17) is 0 Å². The van der Waals surface area contributed by atoms with Gasteiger partial charge in [0.05, 0.1) is 5.69 Å². The van der Waals surface area contributed by atoms with Crippen molar-refractivity contribution in [3.8, 4) is 0 Å². The second kappa shape index (κ2) is 6.73. The Morgan fingerprint density at radius 1 is 1.14 bits per heavy atom. The van der Waals surface area contributed by atoms with Crippen LogP contribution < -0.4 is 0 Å². The summed E-state index contributed by atoms with van der Waals surface area (Å²) in [7, 11) is 2.08. The SMILES string of the molecule is CN(Cc1cn2ccccc2n1)[C@@H](CCO)c1ccccc1. The predicted octanol–water partition coefficient (Wildman–Crippen LogP) is 2.89. The number of aliphatic hydroxyl groups is 1. The van der Waals surface area contributed by atoms with E-state index in [1.807, 2.05) is 47.0 Å². The Morgan fingerprint density at radius 2 is 1.91 bits per heavy atom. The molecule has 0 aliphatic rings. The van der Waals surface area contributed by atoms with Gasteiger partial charge in [-0.3, -0.25) is 4.90 Å². The van der Waals surface area contributed by atoms with Gasteiger partial charge in [0, 0.05) is 31.6 Å². The van der Waals surface area contributed by atoms with Crippen LogP contribution in [0.25, 0.3) is 5.65 Å². The van der Waals surface area contributed by atoms with E-state index in [2.05, 4.69) is 35.3 Å². The third-order valence-electron chi connectivity index (χ3n) is 3.94. The third-order valence-corrected chi connectivity index (χ3v) is 3.94. The summed E-state index contributed by atoms with van der Waals surface area (Å²) in [6.45, 7) is 0.927. The van der Waals surface area contributed by atoms with E-state index in [0.717, 1.165) is 17.9 Å². The van der Waals surface area contributed by atoms with Gasteiger partial charge in [-0.2, -0.15) is 0 Å². The highest BCUT2D eigenvalue weighted by Gasteiger charge is 2.17. The van der Waals surface area contributed by atoms with E-state index in [0.29, 0.717) is 6.42 Å². The normalized spacial score (nSPS) is 12.9. The standard InChI is InChI=1S/C18H21N3O/c1-20(17(10-12-22)15-7-3-2-4-8-15)13-16-14-21-11-6-5-9-18(21)19-16/h2-9,11,14,17,22H,10,12-13H2,1H3/t17-/m0/s1. The van der Waals surface area contributed by atoms with Gasteiger partial charge in [-0.05, 0) is 31.2 Å². The summed E-state index contributed by atoms with van der Waals surface area (Å²) in [5.41, 5.74) is 3.22. The van der Waals surface area contributed by atoms with Crippen LogP contribution >= 0.6 is 0 Å². The highest BCUT2D eigenvalue weighted by atomic mass is 16.3. The van der Waals surface area contributed by atoms with Crippen LogP contribution in [0.4, 0.5) is 0 Å². The monoisotopic (exact) mass is 295 g/mol. The molecule has 0 aliphatic heterocycles. The van der Waals surface area contributed by atoms with Gasteiger partial charge in [-0.15, -0.1) is 0 Å². The zero-order valence-corrected chi connectivity index (χ0v) is 12.8. The number of hydrogen-bond acceptors (Lipinski definition) is 3. The molecule has 3 rings (SSSR count). The summed E-state index contributed by atoms with van der Waals surface area (Å²) >= 11 is 0. The lowest BCUT2D eigenvalue weighted by Gasteiger charge is -2.27. The number of hydrogen-bond donors (Lipinski definition) is 1. The van der Waals surface area contributed by atoms with Crippen molar-refractivity contribution in [3.05, 3.63) is 72.2 Å². The number of benzene rings is 1. The van der Waals surface area contributed by atoms with Crippen molar-refractivity contribution in [1.82, 2.24) is 14.3 Å². The minimum absolute atomic E-state index is 0.176. The van der Waals surface area contributed by atoms with Gasteiger partial charge in [-0.25, -0.2) is 4.98 Å². The number of imidazole rings is 1. The molecule has 1 atom stereocenters. The Kier molecular flexibility index (Phi) is 4.51. The highest BCUT2D eigenvalue weighted by Crippen LogP contribution is 2.24. The van der Waals surface area contributed by atoms with Crippen LogP contribution in [0.15, 0.2) is 60.9 Å². The van der Waals surface area contributed by atoms with Crippen LogP contribution in [-0.4, -0.2) is 33.0 Å². The van der Waals surface area contributed by atoms with Crippen molar-refractivity contribution in [2.75, 3.05) is 13.7 Å². The minimum Gasteiger partial charge on any atom is -0.396 e. The van der Waals surface area contributed by atoms with E-state index >= 15 is 0 Å². The summed E-state index contributed by atoms with van der Waals surface area (Å²) in [4.78, 5) is 6.89. The molecular weight excluding hydrogens is 274 g/mol. The van der Waals surface area contributed by atoms with Crippen molar-refractivity contribution in [2.24, 2.45) is 0 Å². The molecule has 114 valence electrons. The maximum absolute atomic E-state index is 9.38. The Bertz CT molecular complexity index is 690. The van der Waals surface area contributed by atoms with Crippen molar-refractivity contribution in [1.29, 1.82) is 0 Å². The first-order chi connectivity index (χ1) is 10.8. The first-order valence-corrected chi connectivity index (χ1v) is 7.56. The zero-order valence-electron chi connectivity index (χ0n) is 12.8. The van der Waals surface area contributed by atoms with E-state index < -0.39 is 0 Å². The van der Waals surface area contributed by atoms with Gasteiger partial charge < -0.3 is 9.51 Å². The predicted molar refractivity (Wildman–Crippen MR) is 87.5 cm³/mol. The van der Waals surface area contributed by atoms with E-state index in [-0.39, 0.29) is 12.6 Å². The molecule has 22 heavy (non-hydrogen) atoms. The van der Waals surface area contributed by atoms with Gasteiger partial charge in [0.2, 0.25) is 0 Å². The second-order valence-electron chi connectivity index (χ2n) is 5.55. The molecule has 2 aromatic heterocycles. The minimum atomic E-state index is 0.176. The fraction of sp³-hybridized carbons (Fsp3) is 0.278. The topological polar surface area (TPSA) is 40.8 Å². The lowest BCUT2D eigenvalue weighted by molar-refractivity contribution is 0.179. The summed E-state index contributed by atoms with van der Waals surface area (Å²) in [5.74, 6) is 0. The van der Waals surface area contributed by atoms with Crippen LogP contribution in [0.5, 0.6) is 0 Å². The molecule has 4 nitrogen and oxygen atoms in total. The number of pyridine rings is 1. The first kappa shape index (κ1) is 14.8. The smallest absolute Gasteiger partial charge is 0.137 e. The van der Waals surface area contributed by atoms with Gasteiger partial charge in [-0.1, -0.05) is 36.4 Å². The largest absolute Gasteiger partial charge is 0.396 e. The second-order valence-corrected chi connectivity index (χ2v) is 5.55. The van der Waals surface area contributed by atoms with Crippen molar-refractivity contribution in [2.45, 2.75) is 19.0 Å². The molecule has 0 fully saturated rings. The molecule has 4 heteroatoms. The number of fused-ring (bicyclic) bond motifs is 1. The summed E-state index contributed by atoms with van der Waals surface area (Å²) in [6.07, 6.45) is 4.79. The van der Waals surface area contributed by atoms with Crippen molar-refractivity contribution < 1.29 is 5.11 Å². The Morgan fingerprint density at radius 3 is 2.64 bits per heavy atom. The van der Waals surface area contributed by atoms with Crippen LogP contribution in [0.1, 0.15) is 23.7 Å². The maximum Gasteiger partial charge on any atom is 0.137 e. The fourth-order valence-electron chi connectivity index (χ4n) is 2.87. The number of nitrogens with zero attached hydrogens (tertiary/aromatic N) is 3. The van der Waals surface area contributed by atoms with E-state index in [9.17, 15) is 5.11 Å². The van der Waals surface area contributed by atoms with Gasteiger partial charge in [0.1, 0.15) is 5.65 Å². The van der Waals surface area contributed by atoms with Gasteiger partial charge in [0.25, 0.3) is 0 Å². The van der Waals surface area contributed by atoms with E-state index in [1.54, 1.807) is 0 Å². The average Bonchev–Trinajstić information content (AvgIpc) is 2.95. The zero-order chi connectivity index (χ0) is 15.4. The van der Waals surface area contributed by atoms with Gasteiger partial charge in [0.15, 0.2) is 0 Å². The molecule has 0 radical (unpaired) electrons. The third kappa shape index (κ3) is 3.18. The quantitative estimate of drug-likeness (QED) is 0.760. The molecule has 0 unspecified atom stereocenters. The number of aromatic nitrogens is 2. The molecule has 0 bridgehead atoms. The molecule has 0 saturated heterocycles. The fourth-order valence-corrected chi connectivity index (χ4v) is 2.87. The molecule has 0 spiro atoms. The van der Waals surface area contributed by atoms with Gasteiger partial charge >= 0.3 is 0 Å². The number of aliphatic hydroxyl groups excluding tert-OH is 1. The summed E-state index contributed by atoms with van der Waals surface area (Å²) in [6, 6.07) is 16.5. The Hall–Kier alpha value is -2.17. The molecule has 3 aromatic rings. The lowest BCUT2D eigenvalue weighted by atomic mass is 10.0. The average molecular weight is 295 g/mol. The molecule has 1 N–H and O–H groups in total. The molecular formula is C18H21N3O. The molecule has 1 aromatic carbocycles. The van der Waals surface area contributed by atoms with Crippen molar-refractivity contribution >= 4 is 5.65 Å². The summed E-state index contributed by atoms with van der Waals surface area (Å²) in [5, 5.41) is 9.38. The molecule has 0 aliphatic carbocycles. The molecule has 0 saturated carbocycles. The number of rotatable bonds is 6. The molecule has 0 amide bonds. The highest BCUT2D eigenvalue weighted by molar-refractivity contribution is 5.39. The maximum atomic E-state index is 9.38. The lowest BCUT2D eigenvalue weighted by Crippen LogP contribution is -2.25.